The van der Waals surface area contributed by atoms with Gasteiger partial charge in [-0.1, -0.05) is 25.1 Å². The Bertz CT molecular complexity index is 930. The van der Waals surface area contributed by atoms with Crippen molar-refractivity contribution in [2.24, 2.45) is 0 Å². The molecule has 1 heterocycles. The Morgan fingerprint density at radius 1 is 1.15 bits per heavy atom. The monoisotopic (exact) mass is 365 g/mol. The molecule has 5 heteroatoms. The van der Waals surface area contributed by atoms with Crippen LogP contribution in [0.15, 0.2) is 42.5 Å². The normalized spacial score (nSPS) is 10.9. The summed E-state index contributed by atoms with van der Waals surface area (Å²) in [5, 5.41) is 2.96. The third kappa shape index (κ3) is 4.67. The van der Waals surface area contributed by atoms with Gasteiger partial charge in [-0.25, -0.2) is 4.98 Å². The third-order valence-electron chi connectivity index (χ3n) is 4.72. The van der Waals surface area contributed by atoms with Crippen LogP contribution in [-0.4, -0.2) is 22.1 Å². The molecular formula is C22H27N3O2. The van der Waals surface area contributed by atoms with E-state index in [1.54, 1.807) is 0 Å². The van der Waals surface area contributed by atoms with Gasteiger partial charge in [0.15, 0.2) is 0 Å². The Labute approximate surface area is 160 Å². The molecule has 1 aromatic heterocycles. The summed E-state index contributed by atoms with van der Waals surface area (Å²) in [6, 6.07) is 14.2. The fourth-order valence-corrected chi connectivity index (χ4v) is 3.06. The van der Waals surface area contributed by atoms with E-state index in [1.165, 1.54) is 11.1 Å². The number of ether oxygens (including phenoxy) is 1. The van der Waals surface area contributed by atoms with Gasteiger partial charge in [0.2, 0.25) is 5.91 Å². The van der Waals surface area contributed by atoms with Crippen LogP contribution in [0.5, 0.6) is 5.75 Å². The van der Waals surface area contributed by atoms with Gasteiger partial charge in [0.05, 0.1) is 24.1 Å². The number of nitrogens with one attached hydrogen (secondary N) is 1. The van der Waals surface area contributed by atoms with E-state index in [9.17, 15) is 4.79 Å². The molecule has 0 saturated heterocycles. The first-order valence-corrected chi connectivity index (χ1v) is 9.49. The highest BCUT2D eigenvalue weighted by Gasteiger charge is 2.11. The van der Waals surface area contributed by atoms with Crippen molar-refractivity contribution in [1.29, 1.82) is 0 Å². The molecule has 27 heavy (non-hydrogen) atoms. The minimum Gasteiger partial charge on any atom is -0.492 e. The van der Waals surface area contributed by atoms with Gasteiger partial charge in [0.25, 0.3) is 0 Å². The van der Waals surface area contributed by atoms with Gasteiger partial charge >= 0.3 is 0 Å². The van der Waals surface area contributed by atoms with Gasteiger partial charge in [0.1, 0.15) is 18.2 Å². The molecule has 0 aliphatic rings. The lowest BCUT2D eigenvalue weighted by Crippen LogP contribution is -2.24. The lowest BCUT2D eigenvalue weighted by atomic mass is 10.1. The van der Waals surface area contributed by atoms with Crippen LogP contribution in [0, 0.1) is 13.8 Å². The number of amides is 1. The van der Waals surface area contributed by atoms with E-state index in [0.29, 0.717) is 26.1 Å². The zero-order chi connectivity index (χ0) is 19.2. The minimum absolute atomic E-state index is 0.0579. The molecule has 5 nitrogen and oxygen atoms in total. The van der Waals surface area contributed by atoms with Crippen LogP contribution in [0.4, 0.5) is 0 Å². The average Bonchev–Trinajstić information content (AvgIpc) is 3.01. The molecule has 3 rings (SSSR count). The maximum Gasteiger partial charge on any atom is 0.220 e. The molecule has 0 fully saturated rings. The standard InChI is InChI=1S/C22H27N3O2/c1-4-7-22(26)23-15-21-24-19-8-5-6-9-20(19)25(21)12-13-27-18-11-10-16(2)17(3)14-18/h5-6,8-11,14H,4,7,12-13,15H2,1-3H3,(H,23,26). The molecule has 1 amide bonds. The number of nitrogens with zero attached hydrogens (tertiary/aromatic N) is 2. The van der Waals surface area contributed by atoms with Gasteiger partial charge in [-0.3, -0.25) is 4.79 Å². The number of carbonyl (C=O) groups is 1. The van der Waals surface area contributed by atoms with Crippen LogP contribution < -0.4 is 10.1 Å². The summed E-state index contributed by atoms with van der Waals surface area (Å²) >= 11 is 0. The number of benzene rings is 2. The zero-order valence-electron chi connectivity index (χ0n) is 16.3. The van der Waals surface area contributed by atoms with Gasteiger partial charge in [0, 0.05) is 6.42 Å². The number of carbonyl (C=O) groups excluding carboxylic acids is 1. The molecule has 1 N–H and O–H groups in total. The first-order valence-electron chi connectivity index (χ1n) is 9.49. The summed E-state index contributed by atoms with van der Waals surface area (Å²) < 4.78 is 8.07. The number of imidazole rings is 1. The van der Waals surface area contributed by atoms with Crippen molar-refractivity contribution < 1.29 is 9.53 Å². The number of hydrogen-bond acceptors (Lipinski definition) is 3. The Balaban J connectivity index is 1.72. The number of aryl methyl sites for hydroxylation is 2. The second kappa shape index (κ2) is 8.71. The smallest absolute Gasteiger partial charge is 0.220 e. The predicted molar refractivity (Wildman–Crippen MR) is 108 cm³/mol. The van der Waals surface area contributed by atoms with Crippen molar-refractivity contribution in [2.75, 3.05) is 6.61 Å². The highest BCUT2D eigenvalue weighted by Crippen LogP contribution is 2.18. The molecule has 0 aliphatic heterocycles. The Morgan fingerprint density at radius 2 is 1.96 bits per heavy atom. The van der Waals surface area contributed by atoms with E-state index in [0.717, 1.165) is 29.0 Å². The Morgan fingerprint density at radius 3 is 2.74 bits per heavy atom. The van der Waals surface area contributed by atoms with Crippen LogP contribution >= 0.6 is 0 Å². The maximum atomic E-state index is 11.8. The van der Waals surface area contributed by atoms with E-state index in [2.05, 4.69) is 46.9 Å². The lowest BCUT2D eigenvalue weighted by molar-refractivity contribution is -0.121. The second-order valence-electron chi connectivity index (χ2n) is 6.79. The van der Waals surface area contributed by atoms with E-state index >= 15 is 0 Å². The Hall–Kier alpha value is -2.82. The largest absolute Gasteiger partial charge is 0.492 e. The van der Waals surface area contributed by atoms with Crippen LogP contribution in [0.2, 0.25) is 0 Å². The highest BCUT2D eigenvalue weighted by atomic mass is 16.5. The molecular weight excluding hydrogens is 338 g/mol. The number of para-hydroxylation sites is 2. The van der Waals surface area contributed by atoms with Gasteiger partial charge in [-0.05, 0) is 55.7 Å². The van der Waals surface area contributed by atoms with E-state index in [1.807, 2.05) is 31.2 Å². The van der Waals surface area contributed by atoms with Crippen molar-refractivity contribution in [3.8, 4) is 5.75 Å². The van der Waals surface area contributed by atoms with Gasteiger partial charge < -0.3 is 14.6 Å². The van der Waals surface area contributed by atoms with Crippen molar-refractivity contribution >= 4 is 16.9 Å². The number of rotatable bonds is 8. The van der Waals surface area contributed by atoms with Crippen molar-refractivity contribution in [3.63, 3.8) is 0 Å². The molecule has 0 radical (unpaired) electrons. The fraction of sp³-hybridized carbons (Fsp3) is 0.364. The molecule has 0 atom stereocenters. The summed E-state index contributed by atoms with van der Waals surface area (Å²) in [4.78, 5) is 16.5. The summed E-state index contributed by atoms with van der Waals surface area (Å²) in [5.74, 6) is 1.78. The van der Waals surface area contributed by atoms with Crippen molar-refractivity contribution in [3.05, 3.63) is 59.4 Å². The molecule has 0 saturated carbocycles. The van der Waals surface area contributed by atoms with Gasteiger partial charge in [-0.15, -0.1) is 0 Å². The first kappa shape index (κ1) is 19.0. The quantitative estimate of drug-likeness (QED) is 0.652. The first-order chi connectivity index (χ1) is 13.1. The van der Waals surface area contributed by atoms with E-state index in [4.69, 9.17) is 4.74 Å². The van der Waals surface area contributed by atoms with Crippen LogP contribution in [0.1, 0.15) is 36.7 Å². The molecule has 0 aliphatic carbocycles. The predicted octanol–water partition coefficient (Wildman–Crippen LogP) is 4.15. The number of fused-ring (bicyclic) bond motifs is 1. The van der Waals surface area contributed by atoms with E-state index in [-0.39, 0.29) is 5.91 Å². The van der Waals surface area contributed by atoms with Crippen molar-refractivity contribution in [1.82, 2.24) is 14.9 Å². The van der Waals surface area contributed by atoms with Crippen LogP contribution in [0.25, 0.3) is 11.0 Å². The summed E-state index contributed by atoms with van der Waals surface area (Å²) in [6.45, 7) is 7.82. The van der Waals surface area contributed by atoms with Gasteiger partial charge in [-0.2, -0.15) is 0 Å². The fourth-order valence-electron chi connectivity index (χ4n) is 3.06. The third-order valence-corrected chi connectivity index (χ3v) is 4.72. The molecule has 2 aromatic carbocycles. The zero-order valence-corrected chi connectivity index (χ0v) is 16.3. The van der Waals surface area contributed by atoms with Crippen LogP contribution in [0.3, 0.4) is 0 Å². The molecule has 0 spiro atoms. The SMILES string of the molecule is CCCC(=O)NCc1nc2ccccc2n1CCOc1ccc(C)c(C)c1. The van der Waals surface area contributed by atoms with Crippen molar-refractivity contribution in [2.45, 2.75) is 46.7 Å². The van der Waals surface area contributed by atoms with E-state index < -0.39 is 0 Å². The molecule has 0 unspecified atom stereocenters. The summed E-state index contributed by atoms with van der Waals surface area (Å²) in [6.07, 6.45) is 1.38. The topological polar surface area (TPSA) is 56.2 Å². The van der Waals surface area contributed by atoms with Crippen LogP contribution in [-0.2, 0) is 17.9 Å². The molecule has 3 aromatic rings. The lowest BCUT2D eigenvalue weighted by Gasteiger charge is -2.12. The number of aromatic nitrogens is 2. The minimum atomic E-state index is 0.0579. The molecule has 0 bridgehead atoms. The Kier molecular flexibility index (Phi) is 6.12. The second-order valence-corrected chi connectivity index (χ2v) is 6.79. The highest BCUT2D eigenvalue weighted by molar-refractivity contribution is 5.77. The molecule has 142 valence electrons. The maximum absolute atomic E-state index is 11.8. The average molecular weight is 365 g/mol. The summed E-state index contributed by atoms with van der Waals surface area (Å²) in [7, 11) is 0. The summed E-state index contributed by atoms with van der Waals surface area (Å²) in [5.41, 5.74) is 4.47. The number of hydrogen-bond donors (Lipinski definition) is 1.